The predicted octanol–water partition coefficient (Wildman–Crippen LogP) is 3.81. The summed E-state index contributed by atoms with van der Waals surface area (Å²) in [6.07, 6.45) is 0. The van der Waals surface area contributed by atoms with Gasteiger partial charge in [0.1, 0.15) is 11.6 Å². The minimum absolute atomic E-state index is 0.212. The van der Waals surface area contributed by atoms with Crippen LogP contribution in [0.4, 0.5) is 4.39 Å². The van der Waals surface area contributed by atoms with Crippen molar-refractivity contribution >= 4 is 0 Å². The number of rotatable bonds is 2. The summed E-state index contributed by atoms with van der Waals surface area (Å²) in [6.45, 7) is 1.89. The monoisotopic (exact) mass is 216 g/mol. The topological polar surface area (TPSA) is 9.23 Å². The van der Waals surface area contributed by atoms with Gasteiger partial charge in [-0.1, -0.05) is 24.3 Å². The SMILES string of the molecule is COc1ccccc1-c1ccc(F)cc1C. The van der Waals surface area contributed by atoms with Gasteiger partial charge in [-0.2, -0.15) is 0 Å². The van der Waals surface area contributed by atoms with Gasteiger partial charge in [0.2, 0.25) is 0 Å². The zero-order valence-electron chi connectivity index (χ0n) is 9.33. The lowest BCUT2D eigenvalue weighted by Crippen LogP contribution is -1.90. The molecule has 0 aliphatic rings. The molecule has 0 radical (unpaired) electrons. The van der Waals surface area contributed by atoms with Crippen molar-refractivity contribution in [3.8, 4) is 16.9 Å². The van der Waals surface area contributed by atoms with Gasteiger partial charge in [0.15, 0.2) is 0 Å². The molecule has 2 heteroatoms. The number of methoxy groups -OCH3 is 1. The molecule has 1 nitrogen and oxygen atoms in total. The molecule has 2 rings (SSSR count). The Balaban J connectivity index is 2.58. The van der Waals surface area contributed by atoms with Gasteiger partial charge < -0.3 is 4.74 Å². The van der Waals surface area contributed by atoms with Crippen LogP contribution >= 0.6 is 0 Å². The van der Waals surface area contributed by atoms with Crippen LogP contribution in [0, 0.1) is 12.7 Å². The molecule has 0 unspecified atom stereocenters. The van der Waals surface area contributed by atoms with Crippen LogP contribution in [0.5, 0.6) is 5.75 Å². The Hall–Kier alpha value is -1.83. The van der Waals surface area contributed by atoms with Crippen LogP contribution in [0.3, 0.4) is 0 Å². The van der Waals surface area contributed by atoms with Crippen LogP contribution in [-0.4, -0.2) is 7.11 Å². The van der Waals surface area contributed by atoms with Gasteiger partial charge >= 0.3 is 0 Å². The normalized spacial score (nSPS) is 10.2. The van der Waals surface area contributed by atoms with Gasteiger partial charge in [0, 0.05) is 5.56 Å². The molecule has 0 N–H and O–H groups in total. The molecule has 0 amide bonds. The van der Waals surface area contributed by atoms with Crippen molar-refractivity contribution in [3.63, 3.8) is 0 Å². The zero-order valence-corrected chi connectivity index (χ0v) is 9.33. The molecule has 0 saturated carbocycles. The Kier molecular flexibility index (Phi) is 2.91. The number of hydrogen-bond donors (Lipinski definition) is 0. The molecule has 82 valence electrons. The highest BCUT2D eigenvalue weighted by Crippen LogP contribution is 2.31. The fraction of sp³-hybridized carbons (Fsp3) is 0.143. The second-order valence-corrected chi connectivity index (χ2v) is 3.66. The van der Waals surface area contributed by atoms with Gasteiger partial charge in [-0.05, 0) is 36.2 Å². The minimum Gasteiger partial charge on any atom is -0.496 e. The van der Waals surface area contributed by atoms with Gasteiger partial charge in [0.05, 0.1) is 7.11 Å². The van der Waals surface area contributed by atoms with Crippen LogP contribution in [0.25, 0.3) is 11.1 Å². The summed E-state index contributed by atoms with van der Waals surface area (Å²) in [5.41, 5.74) is 2.89. The van der Waals surface area contributed by atoms with Gasteiger partial charge in [0.25, 0.3) is 0 Å². The lowest BCUT2D eigenvalue weighted by Gasteiger charge is -2.10. The van der Waals surface area contributed by atoms with E-state index in [1.807, 2.05) is 31.2 Å². The summed E-state index contributed by atoms with van der Waals surface area (Å²) in [5.74, 6) is 0.591. The molecular weight excluding hydrogens is 203 g/mol. The van der Waals surface area contributed by atoms with Gasteiger partial charge in [-0.25, -0.2) is 4.39 Å². The van der Waals surface area contributed by atoms with Crippen LogP contribution in [-0.2, 0) is 0 Å². The van der Waals surface area contributed by atoms with E-state index in [4.69, 9.17) is 4.74 Å². The summed E-state index contributed by atoms with van der Waals surface area (Å²) in [6, 6.07) is 12.5. The van der Waals surface area contributed by atoms with E-state index in [9.17, 15) is 4.39 Å². The molecule has 2 aromatic rings. The summed E-state index contributed by atoms with van der Waals surface area (Å²) >= 11 is 0. The highest BCUT2D eigenvalue weighted by molar-refractivity contribution is 5.73. The molecule has 0 spiro atoms. The summed E-state index contributed by atoms with van der Waals surface area (Å²) < 4.78 is 18.3. The fourth-order valence-corrected chi connectivity index (χ4v) is 1.80. The summed E-state index contributed by atoms with van der Waals surface area (Å²) in [4.78, 5) is 0. The van der Waals surface area contributed by atoms with Gasteiger partial charge in [-0.15, -0.1) is 0 Å². The lowest BCUT2D eigenvalue weighted by atomic mass is 10.00. The fourth-order valence-electron chi connectivity index (χ4n) is 1.80. The molecule has 0 aliphatic carbocycles. The van der Waals surface area contributed by atoms with Crippen LogP contribution in [0.15, 0.2) is 42.5 Å². The molecule has 0 aliphatic heterocycles. The number of hydrogen-bond acceptors (Lipinski definition) is 1. The Bertz CT molecular complexity index is 506. The highest BCUT2D eigenvalue weighted by Gasteiger charge is 2.07. The van der Waals surface area contributed by atoms with E-state index in [0.717, 1.165) is 22.4 Å². The molecule has 0 aromatic heterocycles. The quantitative estimate of drug-likeness (QED) is 0.741. The van der Waals surface area contributed by atoms with Crippen molar-refractivity contribution in [1.82, 2.24) is 0 Å². The standard InChI is InChI=1S/C14H13FO/c1-10-9-11(15)7-8-12(10)13-5-3-4-6-14(13)16-2/h3-9H,1-2H3. The van der Waals surface area contributed by atoms with E-state index < -0.39 is 0 Å². The molecule has 0 saturated heterocycles. The van der Waals surface area contributed by atoms with E-state index in [2.05, 4.69) is 0 Å². The zero-order chi connectivity index (χ0) is 11.5. The summed E-state index contributed by atoms with van der Waals surface area (Å²) in [5, 5.41) is 0. The Labute approximate surface area is 94.5 Å². The largest absolute Gasteiger partial charge is 0.496 e. The molecule has 0 heterocycles. The van der Waals surface area contributed by atoms with E-state index in [1.165, 1.54) is 12.1 Å². The molecule has 0 fully saturated rings. The Morgan fingerprint density at radius 1 is 1.00 bits per heavy atom. The molecular formula is C14H13FO. The number of aryl methyl sites for hydroxylation is 1. The third-order valence-corrected chi connectivity index (χ3v) is 2.59. The smallest absolute Gasteiger partial charge is 0.126 e. The minimum atomic E-state index is -0.212. The summed E-state index contributed by atoms with van der Waals surface area (Å²) in [7, 11) is 1.64. The van der Waals surface area contributed by atoms with Crippen molar-refractivity contribution in [2.24, 2.45) is 0 Å². The third kappa shape index (κ3) is 1.91. The molecule has 16 heavy (non-hydrogen) atoms. The maximum Gasteiger partial charge on any atom is 0.126 e. The maximum absolute atomic E-state index is 13.0. The number of para-hydroxylation sites is 1. The van der Waals surface area contributed by atoms with Crippen molar-refractivity contribution < 1.29 is 9.13 Å². The average Bonchev–Trinajstić information content (AvgIpc) is 2.29. The number of ether oxygens (including phenoxy) is 1. The van der Waals surface area contributed by atoms with Crippen LogP contribution in [0.2, 0.25) is 0 Å². The van der Waals surface area contributed by atoms with Gasteiger partial charge in [-0.3, -0.25) is 0 Å². The maximum atomic E-state index is 13.0. The first kappa shape index (κ1) is 10.7. The van der Waals surface area contributed by atoms with E-state index in [-0.39, 0.29) is 5.82 Å². The first-order chi connectivity index (χ1) is 7.72. The molecule has 2 aromatic carbocycles. The number of benzene rings is 2. The Morgan fingerprint density at radius 3 is 2.44 bits per heavy atom. The highest BCUT2D eigenvalue weighted by atomic mass is 19.1. The Morgan fingerprint density at radius 2 is 1.75 bits per heavy atom. The third-order valence-electron chi connectivity index (χ3n) is 2.59. The van der Waals surface area contributed by atoms with Crippen molar-refractivity contribution in [3.05, 3.63) is 53.8 Å². The second-order valence-electron chi connectivity index (χ2n) is 3.66. The van der Waals surface area contributed by atoms with Crippen LogP contribution in [0.1, 0.15) is 5.56 Å². The first-order valence-electron chi connectivity index (χ1n) is 5.12. The molecule has 0 atom stereocenters. The first-order valence-corrected chi connectivity index (χ1v) is 5.12. The lowest BCUT2D eigenvalue weighted by molar-refractivity contribution is 0.416. The van der Waals surface area contributed by atoms with E-state index >= 15 is 0 Å². The average molecular weight is 216 g/mol. The van der Waals surface area contributed by atoms with Crippen molar-refractivity contribution in [1.29, 1.82) is 0 Å². The van der Waals surface area contributed by atoms with Crippen molar-refractivity contribution in [2.45, 2.75) is 6.92 Å². The van der Waals surface area contributed by atoms with E-state index in [0.29, 0.717) is 0 Å². The predicted molar refractivity (Wildman–Crippen MR) is 63.1 cm³/mol. The van der Waals surface area contributed by atoms with E-state index in [1.54, 1.807) is 13.2 Å². The molecule has 0 bridgehead atoms. The number of halogens is 1. The second kappa shape index (κ2) is 4.35. The van der Waals surface area contributed by atoms with Crippen LogP contribution < -0.4 is 4.74 Å². The van der Waals surface area contributed by atoms with Crippen molar-refractivity contribution in [2.75, 3.05) is 7.11 Å².